The summed E-state index contributed by atoms with van der Waals surface area (Å²) in [4.78, 5) is 25.0. The Labute approximate surface area is 108 Å². The number of likely N-dealkylation sites (tertiary alicyclic amines) is 1. The zero-order valence-corrected chi connectivity index (χ0v) is 11.0. The van der Waals surface area contributed by atoms with Crippen molar-refractivity contribution in [1.29, 1.82) is 0 Å². The van der Waals surface area contributed by atoms with Crippen LogP contribution in [-0.2, 0) is 14.3 Å². The molecule has 1 aliphatic heterocycles. The summed E-state index contributed by atoms with van der Waals surface area (Å²) in [5.41, 5.74) is 0. The third-order valence-electron chi connectivity index (χ3n) is 2.91. The number of nitrogens with one attached hydrogen (secondary N) is 2. The van der Waals surface area contributed by atoms with Gasteiger partial charge in [0, 0.05) is 26.7 Å². The number of hydrogen-bond donors (Lipinski definition) is 2. The Kier molecular flexibility index (Phi) is 7.36. The predicted molar refractivity (Wildman–Crippen MR) is 68.2 cm³/mol. The van der Waals surface area contributed by atoms with Crippen molar-refractivity contribution in [3.05, 3.63) is 0 Å². The fourth-order valence-electron chi connectivity index (χ4n) is 1.87. The lowest BCUT2D eigenvalue weighted by molar-refractivity contribution is -0.133. The van der Waals surface area contributed by atoms with Gasteiger partial charge in [0.15, 0.2) is 0 Å². The Balaban J connectivity index is 2.07. The van der Waals surface area contributed by atoms with Crippen LogP contribution in [0.4, 0.5) is 0 Å². The summed E-state index contributed by atoms with van der Waals surface area (Å²) in [7, 11) is 1.61. The van der Waals surface area contributed by atoms with Crippen molar-refractivity contribution in [2.75, 3.05) is 46.4 Å². The second-order valence-electron chi connectivity index (χ2n) is 4.39. The Hall–Kier alpha value is -1.14. The lowest BCUT2D eigenvalue weighted by Gasteiger charge is -2.26. The SMILES string of the molecule is COCCNCC(=O)NCC(=O)N1CCCCC1. The molecule has 1 rings (SSSR count). The fourth-order valence-corrected chi connectivity index (χ4v) is 1.87. The van der Waals surface area contributed by atoms with Crippen LogP contribution < -0.4 is 10.6 Å². The average Bonchev–Trinajstić information content (AvgIpc) is 2.42. The molecule has 2 N–H and O–H groups in total. The van der Waals surface area contributed by atoms with E-state index in [9.17, 15) is 9.59 Å². The van der Waals surface area contributed by atoms with Crippen molar-refractivity contribution in [3.63, 3.8) is 0 Å². The lowest BCUT2D eigenvalue weighted by atomic mass is 10.1. The predicted octanol–water partition coefficient (Wildman–Crippen LogP) is -0.649. The minimum Gasteiger partial charge on any atom is -0.383 e. The molecule has 18 heavy (non-hydrogen) atoms. The van der Waals surface area contributed by atoms with E-state index < -0.39 is 0 Å². The first-order chi connectivity index (χ1) is 8.74. The summed E-state index contributed by atoms with van der Waals surface area (Å²) in [6.45, 7) is 3.16. The van der Waals surface area contributed by atoms with Gasteiger partial charge in [0.25, 0.3) is 0 Å². The van der Waals surface area contributed by atoms with Crippen LogP contribution in [0.25, 0.3) is 0 Å². The molecule has 1 heterocycles. The highest BCUT2D eigenvalue weighted by Gasteiger charge is 2.16. The average molecular weight is 257 g/mol. The minimum absolute atomic E-state index is 0.0138. The number of amides is 2. The number of carbonyl (C=O) groups excluding carboxylic acids is 2. The van der Waals surface area contributed by atoms with Gasteiger partial charge in [-0.2, -0.15) is 0 Å². The van der Waals surface area contributed by atoms with Crippen molar-refractivity contribution < 1.29 is 14.3 Å². The van der Waals surface area contributed by atoms with Crippen molar-refractivity contribution >= 4 is 11.8 Å². The highest BCUT2D eigenvalue weighted by atomic mass is 16.5. The first kappa shape index (κ1) is 14.9. The normalized spacial score (nSPS) is 15.5. The molecule has 0 unspecified atom stereocenters. The Morgan fingerprint density at radius 2 is 1.89 bits per heavy atom. The van der Waals surface area contributed by atoms with Gasteiger partial charge in [-0.1, -0.05) is 0 Å². The molecule has 0 bridgehead atoms. The Bertz CT molecular complexity index is 265. The van der Waals surface area contributed by atoms with Crippen LogP contribution in [0.1, 0.15) is 19.3 Å². The largest absolute Gasteiger partial charge is 0.383 e. The van der Waals surface area contributed by atoms with Crippen molar-refractivity contribution in [2.24, 2.45) is 0 Å². The zero-order chi connectivity index (χ0) is 13.2. The smallest absolute Gasteiger partial charge is 0.241 e. The number of carbonyl (C=O) groups is 2. The molecule has 1 fully saturated rings. The van der Waals surface area contributed by atoms with E-state index in [1.807, 2.05) is 4.90 Å². The molecule has 0 radical (unpaired) electrons. The van der Waals surface area contributed by atoms with E-state index in [0.717, 1.165) is 25.9 Å². The maximum atomic E-state index is 11.7. The number of rotatable bonds is 7. The molecule has 6 nitrogen and oxygen atoms in total. The van der Waals surface area contributed by atoms with Crippen LogP contribution >= 0.6 is 0 Å². The first-order valence-corrected chi connectivity index (χ1v) is 6.48. The highest BCUT2D eigenvalue weighted by molar-refractivity contribution is 5.85. The quantitative estimate of drug-likeness (QED) is 0.595. The fraction of sp³-hybridized carbons (Fsp3) is 0.833. The van der Waals surface area contributed by atoms with Crippen LogP contribution in [0, 0.1) is 0 Å². The van der Waals surface area contributed by atoms with Crippen LogP contribution in [0.2, 0.25) is 0 Å². The summed E-state index contributed by atoms with van der Waals surface area (Å²) < 4.78 is 4.85. The summed E-state index contributed by atoms with van der Waals surface area (Å²) in [6.07, 6.45) is 3.33. The third kappa shape index (κ3) is 5.97. The molecule has 0 spiro atoms. The van der Waals surface area contributed by atoms with Crippen molar-refractivity contribution in [2.45, 2.75) is 19.3 Å². The maximum Gasteiger partial charge on any atom is 0.241 e. The topological polar surface area (TPSA) is 70.7 Å². The molecule has 0 atom stereocenters. The van der Waals surface area contributed by atoms with E-state index in [1.54, 1.807) is 7.11 Å². The molecular formula is C12H23N3O3. The summed E-state index contributed by atoms with van der Waals surface area (Å²) >= 11 is 0. The molecule has 1 saturated heterocycles. The summed E-state index contributed by atoms with van der Waals surface area (Å²) in [5.74, 6) is -0.142. The zero-order valence-electron chi connectivity index (χ0n) is 11.0. The Morgan fingerprint density at radius 1 is 1.17 bits per heavy atom. The summed E-state index contributed by atoms with van der Waals surface area (Å²) in [5, 5.41) is 5.55. The highest BCUT2D eigenvalue weighted by Crippen LogP contribution is 2.07. The second-order valence-corrected chi connectivity index (χ2v) is 4.39. The number of ether oxygens (including phenoxy) is 1. The van der Waals surface area contributed by atoms with Gasteiger partial charge in [-0.05, 0) is 19.3 Å². The van der Waals surface area contributed by atoms with Crippen LogP contribution in [0.5, 0.6) is 0 Å². The van der Waals surface area contributed by atoms with E-state index in [2.05, 4.69) is 10.6 Å². The lowest BCUT2D eigenvalue weighted by Crippen LogP contribution is -2.44. The van der Waals surface area contributed by atoms with Gasteiger partial charge in [-0.3, -0.25) is 9.59 Å². The maximum absolute atomic E-state index is 11.7. The van der Waals surface area contributed by atoms with E-state index in [0.29, 0.717) is 13.2 Å². The molecule has 0 aromatic heterocycles. The van der Waals surface area contributed by atoms with Crippen molar-refractivity contribution in [3.8, 4) is 0 Å². The number of methoxy groups -OCH3 is 1. The van der Waals surface area contributed by atoms with Gasteiger partial charge in [-0.15, -0.1) is 0 Å². The molecule has 0 aromatic carbocycles. The number of hydrogen-bond acceptors (Lipinski definition) is 4. The molecule has 2 amide bonds. The standard InChI is InChI=1S/C12H23N3O3/c1-18-8-5-13-9-11(16)14-10-12(17)15-6-3-2-4-7-15/h13H,2-10H2,1H3,(H,14,16). The van der Waals surface area contributed by atoms with Crippen LogP contribution in [0.3, 0.4) is 0 Å². The first-order valence-electron chi connectivity index (χ1n) is 6.48. The van der Waals surface area contributed by atoms with Gasteiger partial charge in [0.1, 0.15) is 0 Å². The van der Waals surface area contributed by atoms with Gasteiger partial charge in [0.05, 0.1) is 19.7 Å². The monoisotopic (exact) mass is 257 g/mol. The molecule has 0 aliphatic carbocycles. The second kappa shape index (κ2) is 8.88. The van der Waals surface area contributed by atoms with E-state index in [1.165, 1.54) is 6.42 Å². The molecule has 6 heteroatoms. The van der Waals surface area contributed by atoms with Crippen LogP contribution in [-0.4, -0.2) is 63.2 Å². The number of piperidine rings is 1. The van der Waals surface area contributed by atoms with E-state index in [4.69, 9.17) is 4.74 Å². The van der Waals surface area contributed by atoms with Crippen molar-refractivity contribution in [1.82, 2.24) is 15.5 Å². The molecule has 0 aromatic rings. The van der Waals surface area contributed by atoms with Gasteiger partial charge in [0.2, 0.25) is 11.8 Å². The minimum atomic E-state index is -0.156. The molecular weight excluding hydrogens is 234 g/mol. The van der Waals surface area contributed by atoms with Crippen LogP contribution in [0.15, 0.2) is 0 Å². The summed E-state index contributed by atoms with van der Waals surface area (Å²) in [6, 6.07) is 0. The van der Waals surface area contributed by atoms with Gasteiger partial charge >= 0.3 is 0 Å². The molecule has 1 aliphatic rings. The van der Waals surface area contributed by atoms with Gasteiger partial charge in [-0.25, -0.2) is 0 Å². The third-order valence-corrected chi connectivity index (χ3v) is 2.91. The Morgan fingerprint density at radius 3 is 2.56 bits per heavy atom. The van der Waals surface area contributed by atoms with Gasteiger partial charge < -0.3 is 20.3 Å². The van der Waals surface area contributed by atoms with E-state index >= 15 is 0 Å². The van der Waals surface area contributed by atoms with E-state index in [-0.39, 0.29) is 24.9 Å². The number of nitrogens with zero attached hydrogens (tertiary/aromatic N) is 1. The molecule has 0 saturated carbocycles. The molecule has 104 valence electrons.